The van der Waals surface area contributed by atoms with Crippen LogP contribution in [0.2, 0.25) is 0 Å². The third-order valence-corrected chi connectivity index (χ3v) is 6.93. The summed E-state index contributed by atoms with van der Waals surface area (Å²) in [6, 6.07) is 7.28. The third-order valence-electron chi connectivity index (χ3n) is 6.93. The first-order valence-corrected chi connectivity index (χ1v) is 11.5. The van der Waals surface area contributed by atoms with Crippen LogP contribution in [0.5, 0.6) is 11.5 Å². The number of nitrogens with zero attached hydrogens (tertiary/aromatic N) is 2. The number of carbonyl (C=O) groups is 4. The number of ketones is 1. The van der Waals surface area contributed by atoms with Crippen LogP contribution in [0.25, 0.3) is 5.69 Å². The highest BCUT2D eigenvalue weighted by atomic mass is 16.7. The third kappa shape index (κ3) is 3.74. The second-order valence-electron chi connectivity index (χ2n) is 9.00. The minimum absolute atomic E-state index is 0.174. The van der Waals surface area contributed by atoms with Crippen LogP contribution in [0.1, 0.15) is 47.4 Å². The summed E-state index contributed by atoms with van der Waals surface area (Å²) >= 11 is 0. The Labute approximate surface area is 196 Å². The monoisotopic (exact) mass is 466 g/mol. The largest absolute Gasteiger partial charge is 0.456 e. The van der Waals surface area contributed by atoms with Crippen LogP contribution in [0, 0.1) is 25.7 Å². The fraction of sp³-hybridized carbons (Fsp3) is 0.440. The molecule has 2 aromatic rings. The molecule has 178 valence electrons. The molecule has 0 bridgehead atoms. The molecular formula is C25H26N2O7. The van der Waals surface area contributed by atoms with E-state index in [4.69, 9.17) is 14.2 Å². The maximum atomic E-state index is 12.8. The molecule has 2 amide bonds. The summed E-state index contributed by atoms with van der Waals surface area (Å²) in [6.45, 7) is 2.95. The van der Waals surface area contributed by atoms with Gasteiger partial charge in [-0.2, -0.15) is 0 Å². The molecule has 1 saturated carbocycles. The number of esters is 1. The average Bonchev–Trinajstić information content (AvgIpc) is 3.48. The number of hydrogen-bond acceptors (Lipinski definition) is 7. The maximum absolute atomic E-state index is 12.8. The quantitative estimate of drug-likeness (QED) is 0.366. The molecule has 0 unspecified atom stereocenters. The van der Waals surface area contributed by atoms with Gasteiger partial charge in [0.2, 0.25) is 24.4 Å². The molecule has 34 heavy (non-hydrogen) atoms. The molecular weight excluding hydrogens is 440 g/mol. The SMILES string of the molecule is Cc1cc(C(=O)COC(=O)CN2C(=O)[C@@H]3CCCC[C@H]3C2=O)c(C)n1-c1ccc2c(c1)OCO2. The summed E-state index contributed by atoms with van der Waals surface area (Å²) in [6.07, 6.45) is 3.19. The van der Waals surface area contributed by atoms with Crippen molar-refractivity contribution in [3.8, 4) is 17.2 Å². The summed E-state index contributed by atoms with van der Waals surface area (Å²) in [5.41, 5.74) is 2.79. The summed E-state index contributed by atoms with van der Waals surface area (Å²) in [5.74, 6) is -1.06. The Balaban J connectivity index is 1.24. The Morgan fingerprint density at radius 1 is 1.00 bits per heavy atom. The van der Waals surface area contributed by atoms with Gasteiger partial charge in [0.1, 0.15) is 6.54 Å². The number of amides is 2. The van der Waals surface area contributed by atoms with E-state index in [1.54, 1.807) is 6.07 Å². The van der Waals surface area contributed by atoms with Crippen molar-refractivity contribution in [2.24, 2.45) is 11.8 Å². The standard InChI is InChI=1S/C25H26N2O7/c1-14-9-19(15(2)27(14)16-7-8-21-22(10-16)34-13-33-21)20(28)12-32-23(29)11-26-24(30)17-5-3-4-6-18(17)25(26)31/h7-10,17-18H,3-6,11-13H2,1-2H3/t17-,18-/m1/s1. The minimum Gasteiger partial charge on any atom is -0.456 e. The van der Waals surface area contributed by atoms with Crippen LogP contribution in [-0.2, 0) is 19.1 Å². The number of aromatic nitrogens is 1. The van der Waals surface area contributed by atoms with Gasteiger partial charge in [0, 0.05) is 28.7 Å². The lowest BCUT2D eigenvalue weighted by Gasteiger charge is -2.19. The molecule has 1 aliphatic carbocycles. The van der Waals surface area contributed by atoms with Crippen LogP contribution in [0.4, 0.5) is 0 Å². The lowest BCUT2D eigenvalue weighted by atomic mass is 9.81. The summed E-state index contributed by atoms with van der Waals surface area (Å²) < 4.78 is 17.9. The van der Waals surface area contributed by atoms with E-state index in [0.29, 0.717) is 35.6 Å². The van der Waals surface area contributed by atoms with E-state index in [2.05, 4.69) is 0 Å². The number of aryl methyl sites for hydroxylation is 1. The number of hydrogen-bond donors (Lipinski definition) is 0. The Bertz CT molecular complexity index is 1170. The van der Waals surface area contributed by atoms with Crippen LogP contribution in [-0.4, -0.2) is 53.0 Å². The smallest absolute Gasteiger partial charge is 0.326 e. The van der Waals surface area contributed by atoms with Gasteiger partial charge in [-0.15, -0.1) is 0 Å². The molecule has 2 fully saturated rings. The molecule has 2 atom stereocenters. The fourth-order valence-electron chi connectivity index (χ4n) is 5.25. The number of Topliss-reactive ketones (excluding diaryl/α,β-unsaturated/α-hetero) is 1. The predicted octanol–water partition coefficient (Wildman–Crippen LogP) is 2.72. The van der Waals surface area contributed by atoms with Gasteiger partial charge in [-0.05, 0) is 44.9 Å². The van der Waals surface area contributed by atoms with Gasteiger partial charge in [0.25, 0.3) is 0 Å². The highest BCUT2D eigenvalue weighted by Crippen LogP contribution is 2.38. The molecule has 1 saturated heterocycles. The lowest BCUT2D eigenvalue weighted by Crippen LogP contribution is -2.37. The van der Waals surface area contributed by atoms with Gasteiger partial charge in [-0.1, -0.05) is 12.8 Å². The minimum atomic E-state index is -0.765. The van der Waals surface area contributed by atoms with Crippen molar-refractivity contribution in [3.63, 3.8) is 0 Å². The van der Waals surface area contributed by atoms with Crippen LogP contribution in [0.15, 0.2) is 24.3 Å². The van der Waals surface area contributed by atoms with Crippen molar-refractivity contribution in [2.45, 2.75) is 39.5 Å². The summed E-state index contributed by atoms with van der Waals surface area (Å²) in [4.78, 5) is 51.3. The molecule has 9 nitrogen and oxygen atoms in total. The van der Waals surface area contributed by atoms with Gasteiger partial charge in [-0.25, -0.2) is 0 Å². The summed E-state index contributed by atoms with van der Waals surface area (Å²) in [5, 5.41) is 0. The van der Waals surface area contributed by atoms with Crippen LogP contribution in [0.3, 0.4) is 0 Å². The second-order valence-corrected chi connectivity index (χ2v) is 9.00. The predicted molar refractivity (Wildman–Crippen MR) is 119 cm³/mol. The number of benzene rings is 1. The number of carbonyl (C=O) groups excluding carboxylic acids is 4. The lowest BCUT2D eigenvalue weighted by molar-refractivity contribution is -0.152. The van der Waals surface area contributed by atoms with Gasteiger partial charge < -0.3 is 18.8 Å². The molecule has 9 heteroatoms. The first-order chi connectivity index (χ1) is 16.3. The zero-order valence-electron chi connectivity index (χ0n) is 19.2. The molecule has 0 spiro atoms. The summed E-state index contributed by atoms with van der Waals surface area (Å²) in [7, 11) is 0. The number of imide groups is 1. The fourth-order valence-corrected chi connectivity index (χ4v) is 5.25. The molecule has 1 aromatic carbocycles. The zero-order chi connectivity index (χ0) is 24.0. The van der Waals surface area contributed by atoms with Gasteiger partial charge in [0.05, 0.1) is 11.8 Å². The highest BCUT2D eigenvalue weighted by molar-refractivity contribution is 6.07. The van der Waals surface area contributed by atoms with Crippen LogP contribution < -0.4 is 9.47 Å². The first kappa shape index (κ1) is 22.2. The molecule has 5 rings (SSSR count). The van der Waals surface area contributed by atoms with Crippen molar-refractivity contribution in [1.82, 2.24) is 9.47 Å². The van der Waals surface area contributed by atoms with Crippen molar-refractivity contribution in [3.05, 3.63) is 41.2 Å². The Hall–Kier alpha value is -3.62. The van der Waals surface area contributed by atoms with E-state index in [-0.39, 0.29) is 36.2 Å². The van der Waals surface area contributed by atoms with Crippen LogP contribution >= 0.6 is 0 Å². The molecule has 2 aliphatic heterocycles. The maximum Gasteiger partial charge on any atom is 0.326 e. The van der Waals surface area contributed by atoms with E-state index in [0.717, 1.165) is 29.1 Å². The average molecular weight is 466 g/mol. The Morgan fingerprint density at radius 2 is 1.68 bits per heavy atom. The Kier molecular flexibility index (Phi) is 5.63. The van der Waals surface area contributed by atoms with Crippen molar-refractivity contribution < 1.29 is 33.4 Å². The number of fused-ring (bicyclic) bond motifs is 2. The molecule has 1 aromatic heterocycles. The molecule has 0 radical (unpaired) electrons. The Morgan fingerprint density at radius 3 is 2.38 bits per heavy atom. The second kappa shape index (κ2) is 8.62. The van der Waals surface area contributed by atoms with Crippen molar-refractivity contribution in [1.29, 1.82) is 0 Å². The number of likely N-dealkylation sites (tertiary alicyclic amines) is 1. The van der Waals surface area contributed by atoms with Gasteiger partial charge in [-0.3, -0.25) is 24.1 Å². The molecule has 3 heterocycles. The van der Waals surface area contributed by atoms with E-state index >= 15 is 0 Å². The van der Waals surface area contributed by atoms with Gasteiger partial charge in [0.15, 0.2) is 18.1 Å². The number of rotatable bonds is 6. The normalized spacial score (nSPS) is 21.1. The molecule has 0 N–H and O–H groups in total. The topological polar surface area (TPSA) is 104 Å². The van der Waals surface area contributed by atoms with E-state index in [1.807, 2.05) is 36.6 Å². The van der Waals surface area contributed by atoms with Crippen molar-refractivity contribution >= 4 is 23.6 Å². The van der Waals surface area contributed by atoms with E-state index in [9.17, 15) is 19.2 Å². The zero-order valence-corrected chi connectivity index (χ0v) is 19.2. The van der Waals surface area contributed by atoms with E-state index < -0.39 is 19.1 Å². The first-order valence-electron chi connectivity index (χ1n) is 11.5. The highest BCUT2D eigenvalue weighted by Gasteiger charge is 2.48. The van der Waals surface area contributed by atoms with E-state index in [1.165, 1.54) is 0 Å². The van der Waals surface area contributed by atoms with Gasteiger partial charge >= 0.3 is 5.97 Å². The van der Waals surface area contributed by atoms with Crippen molar-refractivity contribution in [2.75, 3.05) is 19.9 Å². The molecule has 3 aliphatic rings. The number of ether oxygens (including phenoxy) is 3.